The summed E-state index contributed by atoms with van der Waals surface area (Å²) >= 11 is 3.56. The van der Waals surface area contributed by atoms with Crippen LogP contribution in [-0.4, -0.2) is 4.98 Å². The monoisotopic (exact) mass is 329 g/mol. The third-order valence-corrected chi connectivity index (χ3v) is 4.26. The second kappa shape index (κ2) is 4.45. The number of rotatable bonds is 0. The first kappa shape index (κ1) is 13.4. The first-order chi connectivity index (χ1) is 9.38. The van der Waals surface area contributed by atoms with Crippen LogP contribution in [0.25, 0.3) is 21.7 Å². The maximum Gasteiger partial charge on any atom is 0.189 e. The van der Waals surface area contributed by atoms with Crippen molar-refractivity contribution < 1.29 is 0 Å². The SMILES string of the molecule is CC(C)(C)c1cc(=O)c2cc(Br)c3ccccc3c2[nH]1. The molecule has 0 amide bonds. The molecule has 1 N–H and O–H groups in total. The molecule has 0 spiro atoms. The normalized spacial score (nSPS) is 12.2. The second-order valence-corrected chi connectivity index (χ2v) is 6.98. The molecule has 0 aliphatic rings. The predicted octanol–water partition coefficient (Wildman–Crippen LogP) is 4.74. The van der Waals surface area contributed by atoms with Gasteiger partial charge >= 0.3 is 0 Å². The predicted molar refractivity (Wildman–Crippen MR) is 88.5 cm³/mol. The molecule has 2 nitrogen and oxygen atoms in total. The van der Waals surface area contributed by atoms with Crippen LogP contribution >= 0.6 is 15.9 Å². The lowest BCUT2D eigenvalue weighted by Gasteiger charge is -2.19. The summed E-state index contributed by atoms with van der Waals surface area (Å²) in [5.41, 5.74) is 1.86. The molecule has 3 rings (SSSR count). The van der Waals surface area contributed by atoms with Crippen LogP contribution < -0.4 is 5.43 Å². The Morgan fingerprint density at radius 3 is 2.30 bits per heavy atom. The molecule has 0 saturated carbocycles. The highest BCUT2D eigenvalue weighted by atomic mass is 79.9. The molecule has 3 aromatic rings. The van der Waals surface area contributed by atoms with Gasteiger partial charge in [0.05, 0.1) is 5.52 Å². The smallest absolute Gasteiger partial charge is 0.189 e. The van der Waals surface area contributed by atoms with Crippen molar-refractivity contribution in [1.29, 1.82) is 0 Å². The van der Waals surface area contributed by atoms with E-state index in [1.165, 1.54) is 0 Å². The van der Waals surface area contributed by atoms with Gasteiger partial charge in [-0.25, -0.2) is 0 Å². The van der Waals surface area contributed by atoms with E-state index < -0.39 is 0 Å². The average molecular weight is 330 g/mol. The Labute approximate surface area is 126 Å². The van der Waals surface area contributed by atoms with Gasteiger partial charge in [0, 0.05) is 32.4 Å². The van der Waals surface area contributed by atoms with Crippen LogP contribution in [-0.2, 0) is 5.41 Å². The molecule has 0 saturated heterocycles. The lowest BCUT2D eigenvalue weighted by Crippen LogP contribution is -2.17. The van der Waals surface area contributed by atoms with E-state index >= 15 is 0 Å². The fourth-order valence-corrected chi connectivity index (χ4v) is 3.02. The zero-order valence-corrected chi connectivity index (χ0v) is 13.3. The van der Waals surface area contributed by atoms with E-state index in [2.05, 4.69) is 47.8 Å². The summed E-state index contributed by atoms with van der Waals surface area (Å²) < 4.78 is 0.953. The van der Waals surface area contributed by atoms with E-state index in [1.807, 2.05) is 24.3 Å². The summed E-state index contributed by atoms with van der Waals surface area (Å²) in [6, 6.07) is 11.7. The van der Waals surface area contributed by atoms with Crippen LogP contribution in [0.15, 0.2) is 45.7 Å². The minimum Gasteiger partial charge on any atom is -0.357 e. The molecule has 0 unspecified atom stereocenters. The number of hydrogen-bond acceptors (Lipinski definition) is 1. The molecule has 1 heterocycles. The number of aromatic amines is 1. The van der Waals surface area contributed by atoms with Crippen molar-refractivity contribution in [1.82, 2.24) is 4.98 Å². The van der Waals surface area contributed by atoms with Crippen molar-refractivity contribution >= 4 is 37.6 Å². The van der Waals surface area contributed by atoms with E-state index in [0.717, 1.165) is 31.8 Å². The van der Waals surface area contributed by atoms with Crippen molar-refractivity contribution in [2.24, 2.45) is 0 Å². The van der Waals surface area contributed by atoms with Crippen molar-refractivity contribution in [3.63, 3.8) is 0 Å². The van der Waals surface area contributed by atoms with Crippen molar-refractivity contribution in [3.05, 3.63) is 56.8 Å². The Hall–Kier alpha value is -1.61. The molecule has 2 aromatic carbocycles. The van der Waals surface area contributed by atoms with Crippen molar-refractivity contribution in [2.75, 3.05) is 0 Å². The van der Waals surface area contributed by atoms with E-state index in [-0.39, 0.29) is 10.8 Å². The summed E-state index contributed by atoms with van der Waals surface area (Å²) in [6.07, 6.45) is 0. The molecule has 0 radical (unpaired) electrons. The quantitative estimate of drug-likeness (QED) is 0.593. The third-order valence-electron chi connectivity index (χ3n) is 3.60. The third kappa shape index (κ3) is 2.06. The number of halogens is 1. The zero-order valence-electron chi connectivity index (χ0n) is 11.8. The highest BCUT2D eigenvalue weighted by Gasteiger charge is 2.17. The Balaban J connectivity index is 2.55. The largest absolute Gasteiger partial charge is 0.357 e. The van der Waals surface area contributed by atoms with Crippen LogP contribution in [0.3, 0.4) is 0 Å². The lowest BCUT2D eigenvalue weighted by atomic mass is 9.91. The minimum absolute atomic E-state index is 0.0649. The summed E-state index contributed by atoms with van der Waals surface area (Å²) in [5, 5.41) is 2.91. The molecule has 0 aliphatic heterocycles. The van der Waals surface area contributed by atoms with Gasteiger partial charge in [-0.1, -0.05) is 61.0 Å². The average Bonchev–Trinajstić information content (AvgIpc) is 2.39. The summed E-state index contributed by atoms with van der Waals surface area (Å²) in [6.45, 7) is 6.31. The van der Waals surface area contributed by atoms with Gasteiger partial charge in [-0.05, 0) is 11.5 Å². The Morgan fingerprint density at radius 2 is 1.65 bits per heavy atom. The molecule has 0 atom stereocenters. The first-order valence-electron chi connectivity index (χ1n) is 6.63. The van der Waals surface area contributed by atoms with E-state index in [9.17, 15) is 4.79 Å². The van der Waals surface area contributed by atoms with Crippen LogP contribution in [0.4, 0.5) is 0 Å². The zero-order chi connectivity index (χ0) is 14.5. The van der Waals surface area contributed by atoms with Crippen LogP contribution in [0.2, 0.25) is 0 Å². The fraction of sp³-hybridized carbons (Fsp3) is 0.235. The van der Waals surface area contributed by atoms with Gasteiger partial charge in [-0.2, -0.15) is 0 Å². The number of nitrogens with one attached hydrogen (secondary N) is 1. The fourth-order valence-electron chi connectivity index (χ4n) is 2.44. The van der Waals surface area contributed by atoms with Crippen LogP contribution in [0, 0.1) is 0 Å². The minimum atomic E-state index is -0.0818. The highest BCUT2D eigenvalue weighted by molar-refractivity contribution is 9.10. The van der Waals surface area contributed by atoms with Gasteiger partial charge in [0.15, 0.2) is 5.43 Å². The van der Waals surface area contributed by atoms with Gasteiger partial charge in [0.25, 0.3) is 0 Å². The molecule has 0 aliphatic carbocycles. The lowest BCUT2D eigenvalue weighted by molar-refractivity contribution is 0.571. The number of H-pyrrole nitrogens is 1. The van der Waals surface area contributed by atoms with Crippen LogP contribution in [0.1, 0.15) is 26.5 Å². The summed E-state index contributed by atoms with van der Waals surface area (Å²) in [5.74, 6) is 0. The summed E-state index contributed by atoms with van der Waals surface area (Å²) in [7, 11) is 0. The van der Waals surface area contributed by atoms with Gasteiger partial charge in [-0.15, -0.1) is 0 Å². The van der Waals surface area contributed by atoms with Gasteiger partial charge in [0.1, 0.15) is 0 Å². The van der Waals surface area contributed by atoms with Gasteiger partial charge < -0.3 is 4.98 Å². The molecule has 3 heteroatoms. The highest BCUT2D eigenvalue weighted by Crippen LogP contribution is 2.31. The Bertz CT molecular complexity index is 872. The van der Waals surface area contributed by atoms with E-state index in [4.69, 9.17) is 0 Å². The van der Waals surface area contributed by atoms with Crippen molar-refractivity contribution in [3.8, 4) is 0 Å². The Morgan fingerprint density at radius 1 is 1.00 bits per heavy atom. The molecular weight excluding hydrogens is 314 g/mol. The maximum absolute atomic E-state index is 12.4. The number of fused-ring (bicyclic) bond motifs is 3. The molecular formula is C17H16BrNO. The van der Waals surface area contributed by atoms with Gasteiger partial charge in [-0.3, -0.25) is 4.79 Å². The molecule has 20 heavy (non-hydrogen) atoms. The molecule has 102 valence electrons. The molecule has 0 fully saturated rings. The van der Waals surface area contributed by atoms with E-state index in [0.29, 0.717) is 0 Å². The van der Waals surface area contributed by atoms with Gasteiger partial charge in [0.2, 0.25) is 0 Å². The number of hydrogen-bond donors (Lipinski definition) is 1. The molecule has 0 bridgehead atoms. The summed E-state index contributed by atoms with van der Waals surface area (Å²) in [4.78, 5) is 15.9. The molecule has 1 aromatic heterocycles. The number of aromatic nitrogens is 1. The number of pyridine rings is 1. The van der Waals surface area contributed by atoms with Crippen LogP contribution in [0.5, 0.6) is 0 Å². The second-order valence-electron chi connectivity index (χ2n) is 6.12. The Kier molecular flexibility index (Phi) is 2.98. The standard InChI is InChI=1S/C17H16BrNO/c1-17(2,3)15-9-14(20)12-8-13(18)10-6-4-5-7-11(10)16(12)19-15/h4-9H,1-3H3,(H,19,20). The van der Waals surface area contributed by atoms with E-state index in [1.54, 1.807) is 6.07 Å². The topological polar surface area (TPSA) is 32.9 Å². The number of benzene rings is 2. The van der Waals surface area contributed by atoms with Crippen molar-refractivity contribution in [2.45, 2.75) is 26.2 Å². The maximum atomic E-state index is 12.4. The first-order valence-corrected chi connectivity index (χ1v) is 7.42.